The van der Waals surface area contributed by atoms with Crippen molar-refractivity contribution in [1.29, 1.82) is 0 Å². The molecule has 2 N–H and O–H groups in total. The van der Waals surface area contributed by atoms with Crippen LogP contribution in [0, 0.1) is 0 Å². The summed E-state index contributed by atoms with van der Waals surface area (Å²) in [7, 11) is 1.72. The van der Waals surface area contributed by atoms with Gasteiger partial charge in [-0.15, -0.1) is 0 Å². The van der Waals surface area contributed by atoms with E-state index in [1.54, 1.807) is 7.11 Å². The summed E-state index contributed by atoms with van der Waals surface area (Å²) in [4.78, 5) is 4.77. The summed E-state index contributed by atoms with van der Waals surface area (Å²) in [5.74, 6) is 2.16. The van der Waals surface area contributed by atoms with Crippen LogP contribution in [0.25, 0.3) is 0 Å². The minimum absolute atomic E-state index is 0.0633. The van der Waals surface area contributed by atoms with E-state index >= 15 is 0 Å². The summed E-state index contributed by atoms with van der Waals surface area (Å²) < 4.78 is 7.64. The van der Waals surface area contributed by atoms with E-state index in [1.165, 1.54) is 0 Å². The van der Waals surface area contributed by atoms with Crippen molar-refractivity contribution in [3.05, 3.63) is 11.5 Å². The Morgan fingerprint density at radius 1 is 1.21 bits per heavy atom. The Bertz CT molecular complexity index is 439. The van der Waals surface area contributed by atoms with Gasteiger partial charge >= 0.3 is 0 Å². The number of anilines is 1. The van der Waals surface area contributed by atoms with E-state index in [-0.39, 0.29) is 11.1 Å². The Morgan fingerprint density at radius 3 is 2.05 bits per heavy atom. The molecule has 0 bridgehead atoms. The van der Waals surface area contributed by atoms with Gasteiger partial charge in [0.05, 0.1) is 11.3 Å². The molecule has 1 rings (SSSR count). The first-order chi connectivity index (χ1) is 8.49. The van der Waals surface area contributed by atoms with E-state index in [2.05, 4.69) is 53.0 Å². The molecular weight excluding hydrogens is 238 g/mol. The first-order valence-corrected chi connectivity index (χ1v) is 6.92. The van der Waals surface area contributed by atoms with Crippen molar-refractivity contribution in [2.75, 3.05) is 12.8 Å². The summed E-state index contributed by atoms with van der Waals surface area (Å²) in [6, 6.07) is 0. The fourth-order valence-electron chi connectivity index (χ4n) is 2.20. The predicted molar refractivity (Wildman–Crippen MR) is 80.5 cm³/mol. The molecule has 0 unspecified atom stereocenters. The van der Waals surface area contributed by atoms with Crippen molar-refractivity contribution < 1.29 is 4.74 Å². The molecule has 19 heavy (non-hydrogen) atoms. The van der Waals surface area contributed by atoms with Crippen molar-refractivity contribution in [3.63, 3.8) is 0 Å². The molecular formula is C15H29N3O. The van der Waals surface area contributed by atoms with Gasteiger partial charge in [0.15, 0.2) is 0 Å². The average Bonchev–Trinajstić information content (AvgIpc) is 2.55. The minimum atomic E-state index is -0.251. The molecule has 1 heterocycles. The number of rotatable bonds is 4. The normalized spacial score (nSPS) is 13.3. The highest BCUT2D eigenvalue weighted by Crippen LogP contribution is 2.30. The predicted octanol–water partition coefficient (Wildman–Crippen LogP) is 3.31. The van der Waals surface area contributed by atoms with Gasteiger partial charge in [-0.1, -0.05) is 13.8 Å². The van der Waals surface area contributed by atoms with Crippen molar-refractivity contribution in [2.45, 2.75) is 71.9 Å². The number of nitrogen functional groups attached to an aromatic ring is 1. The van der Waals surface area contributed by atoms with Crippen LogP contribution < -0.4 is 5.73 Å². The van der Waals surface area contributed by atoms with Crippen molar-refractivity contribution >= 4 is 5.82 Å². The Kier molecular flexibility index (Phi) is 4.35. The van der Waals surface area contributed by atoms with Gasteiger partial charge in [0, 0.05) is 25.0 Å². The van der Waals surface area contributed by atoms with E-state index in [1.807, 2.05) is 0 Å². The molecule has 4 nitrogen and oxygen atoms in total. The number of hydrogen-bond acceptors (Lipinski definition) is 3. The third-order valence-electron chi connectivity index (χ3n) is 3.35. The van der Waals surface area contributed by atoms with Crippen LogP contribution in [0.1, 0.15) is 65.9 Å². The van der Waals surface area contributed by atoms with E-state index < -0.39 is 0 Å². The van der Waals surface area contributed by atoms with Crippen molar-refractivity contribution in [2.24, 2.45) is 0 Å². The van der Waals surface area contributed by atoms with Crippen LogP contribution in [0.15, 0.2) is 0 Å². The van der Waals surface area contributed by atoms with Gasteiger partial charge in [0.25, 0.3) is 0 Å². The molecule has 0 spiro atoms. The van der Waals surface area contributed by atoms with Gasteiger partial charge < -0.3 is 15.0 Å². The molecule has 0 radical (unpaired) electrons. The number of aromatic nitrogens is 2. The standard InChI is InChI=1S/C15H29N3O/c1-10(2)13-17-11(9-15(6,7)19-8)12(16)18(13)14(3,4)5/h10H,9,16H2,1-8H3. The zero-order valence-electron chi connectivity index (χ0n) is 13.7. The lowest BCUT2D eigenvalue weighted by molar-refractivity contribution is 0.0226. The van der Waals surface area contributed by atoms with Crippen LogP contribution in [0.5, 0.6) is 0 Å². The molecule has 0 atom stereocenters. The number of ether oxygens (including phenoxy) is 1. The number of imidazole rings is 1. The molecule has 4 heteroatoms. The van der Waals surface area contributed by atoms with Gasteiger partial charge in [-0.3, -0.25) is 0 Å². The van der Waals surface area contributed by atoms with Crippen LogP contribution in [0.2, 0.25) is 0 Å². The van der Waals surface area contributed by atoms with Gasteiger partial charge in [0.1, 0.15) is 11.6 Å². The van der Waals surface area contributed by atoms with Gasteiger partial charge in [-0.25, -0.2) is 4.98 Å². The maximum absolute atomic E-state index is 6.33. The Labute approximate surface area is 117 Å². The maximum Gasteiger partial charge on any atom is 0.127 e. The summed E-state index contributed by atoms with van der Waals surface area (Å²) in [5.41, 5.74) is 6.96. The fourth-order valence-corrected chi connectivity index (χ4v) is 2.20. The largest absolute Gasteiger partial charge is 0.384 e. The average molecular weight is 267 g/mol. The molecule has 0 fully saturated rings. The zero-order chi connectivity index (χ0) is 15.0. The van der Waals surface area contributed by atoms with Crippen LogP contribution in [0.3, 0.4) is 0 Å². The number of nitrogens with two attached hydrogens (primary N) is 1. The molecule has 110 valence electrons. The molecule has 1 aromatic heterocycles. The lowest BCUT2D eigenvalue weighted by Crippen LogP contribution is -2.28. The Morgan fingerprint density at radius 2 is 1.74 bits per heavy atom. The van der Waals surface area contributed by atoms with Crippen LogP contribution >= 0.6 is 0 Å². The van der Waals surface area contributed by atoms with Crippen LogP contribution in [-0.2, 0) is 16.7 Å². The summed E-state index contributed by atoms with van der Waals surface area (Å²) in [5, 5.41) is 0. The second-order valence-corrected chi connectivity index (χ2v) is 7.10. The summed E-state index contributed by atoms with van der Waals surface area (Å²) in [6.45, 7) is 14.9. The second-order valence-electron chi connectivity index (χ2n) is 7.10. The number of nitrogens with zero attached hydrogens (tertiary/aromatic N) is 2. The number of methoxy groups -OCH3 is 1. The van der Waals surface area contributed by atoms with Gasteiger partial charge in [0.2, 0.25) is 0 Å². The highest BCUT2D eigenvalue weighted by atomic mass is 16.5. The first-order valence-electron chi connectivity index (χ1n) is 6.92. The topological polar surface area (TPSA) is 53.1 Å². The van der Waals surface area contributed by atoms with Gasteiger partial charge in [-0.2, -0.15) is 0 Å². The van der Waals surface area contributed by atoms with Gasteiger partial charge in [-0.05, 0) is 34.6 Å². The lowest BCUT2D eigenvalue weighted by atomic mass is 10.0. The molecule has 0 aromatic carbocycles. The maximum atomic E-state index is 6.33. The zero-order valence-corrected chi connectivity index (χ0v) is 13.7. The highest BCUT2D eigenvalue weighted by Gasteiger charge is 2.28. The summed E-state index contributed by atoms with van der Waals surface area (Å²) >= 11 is 0. The fraction of sp³-hybridized carbons (Fsp3) is 0.800. The second kappa shape index (κ2) is 5.16. The molecule has 0 amide bonds. The molecule has 1 aromatic rings. The Balaban J connectivity index is 3.31. The SMILES string of the molecule is COC(C)(C)Cc1nc(C(C)C)n(C(C)(C)C)c1N. The van der Waals surface area contributed by atoms with E-state index in [0.29, 0.717) is 5.92 Å². The monoisotopic (exact) mass is 267 g/mol. The lowest BCUT2D eigenvalue weighted by Gasteiger charge is -2.26. The van der Waals surface area contributed by atoms with E-state index in [9.17, 15) is 0 Å². The van der Waals surface area contributed by atoms with Crippen LogP contribution in [0.4, 0.5) is 5.82 Å². The highest BCUT2D eigenvalue weighted by molar-refractivity contribution is 5.41. The third-order valence-corrected chi connectivity index (χ3v) is 3.35. The van der Waals surface area contributed by atoms with E-state index in [0.717, 1.165) is 23.8 Å². The molecule has 0 aliphatic rings. The van der Waals surface area contributed by atoms with E-state index in [4.69, 9.17) is 15.5 Å². The smallest absolute Gasteiger partial charge is 0.127 e. The van der Waals surface area contributed by atoms with Crippen molar-refractivity contribution in [1.82, 2.24) is 9.55 Å². The number of hydrogen-bond donors (Lipinski definition) is 1. The third kappa shape index (κ3) is 3.50. The summed E-state index contributed by atoms with van der Waals surface area (Å²) in [6.07, 6.45) is 0.720. The molecule has 0 aliphatic carbocycles. The Hall–Kier alpha value is -1.03. The minimum Gasteiger partial charge on any atom is -0.384 e. The molecule has 0 saturated carbocycles. The van der Waals surface area contributed by atoms with Crippen molar-refractivity contribution in [3.8, 4) is 0 Å². The quantitative estimate of drug-likeness (QED) is 0.910. The molecule has 0 aliphatic heterocycles. The first kappa shape index (κ1) is 16.0. The van der Waals surface area contributed by atoms with Crippen LogP contribution in [-0.4, -0.2) is 22.3 Å². The molecule has 0 saturated heterocycles.